The molecule has 0 bridgehead atoms. The molecule has 0 spiro atoms. The Morgan fingerprint density at radius 3 is 2.56 bits per heavy atom. The fourth-order valence-corrected chi connectivity index (χ4v) is 2.23. The third kappa shape index (κ3) is 2.26. The lowest BCUT2D eigenvalue weighted by atomic mass is 10.0. The largest absolute Gasteiger partial charge is 0.470 e. The SMILES string of the molecule is CCCC1=C(C)OC(c2ccccc2)N(C)C1=O. The van der Waals surface area contributed by atoms with Gasteiger partial charge in [-0.1, -0.05) is 43.7 Å². The van der Waals surface area contributed by atoms with Crippen molar-refractivity contribution in [3.05, 3.63) is 47.2 Å². The minimum Gasteiger partial charge on any atom is -0.470 e. The maximum absolute atomic E-state index is 12.3. The van der Waals surface area contributed by atoms with Crippen molar-refractivity contribution in [2.45, 2.75) is 32.9 Å². The van der Waals surface area contributed by atoms with Crippen LogP contribution in [-0.2, 0) is 9.53 Å². The standard InChI is InChI=1S/C15H19NO2/c1-4-8-13-11(2)18-15(16(3)14(13)17)12-9-6-5-7-10-12/h5-7,9-10,15H,4,8H2,1-3H3. The first kappa shape index (κ1) is 12.7. The van der Waals surface area contributed by atoms with Gasteiger partial charge in [0.25, 0.3) is 5.91 Å². The summed E-state index contributed by atoms with van der Waals surface area (Å²) in [6.07, 6.45) is 1.42. The van der Waals surface area contributed by atoms with E-state index in [0.29, 0.717) is 0 Å². The highest BCUT2D eigenvalue weighted by molar-refractivity contribution is 5.94. The third-order valence-corrected chi connectivity index (χ3v) is 3.23. The normalized spacial score (nSPS) is 20.1. The Morgan fingerprint density at radius 1 is 1.28 bits per heavy atom. The summed E-state index contributed by atoms with van der Waals surface area (Å²) in [5.74, 6) is 0.836. The summed E-state index contributed by atoms with van der Waals surface area (Å²) < 4.78 is 5.90. The van der Waals surface area contributed by atoms with Crippen LogP contribution in [0.1, 0.15) is 38.5 Å². The van der Waals surface area contributed by atoms with Gasteiger partial charge in [0.1, 0.15) is 5.76 Å². The van der Waals surface area contributed by atoms with E-state index in [0.717, 1.165) is 29.7 Å². The molecular formula is C15H19NO2. The molecule has 1 aromatic carbocycles. The minimum absolute atomic E-state index is 0.0782. The van der Waals surface area contributed by atoms with Crippen LogP contribution in [0.5, 0.6) is 0 Å². The van der Waals surface area contributed by atoms with E-state index >= 15 is 0 Å². The van der Waals surface area contributed by atoms with Crippen molar-refractivity contribution >= 4 is 5.91 Å². The monoisotopic (exact) mass is 245 g/mol. The molecule has 2 rings (SSSR count). The number of amides is 1. The average molecular weight is 245 g/mol. The molecule has 3 heteroatoms. The Kier molecular flexibility index (Phi) is 3.70. The van der Waals surface area contributed by atoms with E-state index in [1.807, 2.05) is 37.3 Å². The van der Waals surface area contributed by atoms with Crippen molar-refractivity contribution in [1.82, 2.24) is 4.90 Å². The summed E-state index contributed by atoms with van der Waals surface area (Å²) in [7, 11) is 1.79. The molecule has 0 N–H and O–H groups in total. The number of nitrogens with zero attached hydrogens (tertiary/aromatic N) is 1. The van der Waals surface area contributed by atoms with Crippen LogP contribution in [0.2, 0.25) is 0 Å². The first-order valence-corrected chi connectivity index (χ1v) is 6.33. The van der Waals surface area contributed by atoms with Crippen molar-refractivity contribution in [3.63, 3.8) is 0 Å². The molecule has 0 radical (unpaired) electrons. The summed E-state index contributed by atoms with van der Waals surface area (Å²) in [5, 5.41) is 0. The topological polar surface area (TPSA) is 29.5 Å². The molecule has 1 amide bonds. The van der Waals surface area contributed by atoms with Gasteiger partial charge < -0.3 is 9.64 Å². The molecule has 18 heavy (non-hydrogen) atoms. The maximum Gasteiger partial charge on any atom is 0.256 e. The van der Waals surface area contributed by atoms with Gasteiger partial charge in [0.15, 0.2) is 6.23 Å². The number of carbonyl (C=O) groups excluding carboxylic acids is 1. The second kappa shape index (κ2) is 5.25. The summed E-state index contributed by atoms with van der Waals surface area (Å²) in [4.78, 5) is 14.0. The van der Waals surface area contributed by atoms with E-state index in [1.54, 1.807) is 11.9 Å². The summed E-state index contributed by atoms with van der Waals surface area (Å²) >= 11 is 0. The lowest BCUT2D eigenvalue weighted by molar-refractivity contribution is -0.141. The molecule has 1 aromatic rings. The molecule has 1 unspecified atom stereocenters. The summed E-state index contributed by atoms with van der Waals surface area (Å²) in [5.41, 5.74) is 1.80. The van der Waals surface area contributed by atoms with Gasteiger partial charge in [-0.15, -0.1) is 0 Å². The Bertz CT molecular complexity index is 465. The second-order valence-electron chi connectivity index (χ2n) is 4.58. The van der Waals surface area contributed by atoms with Crippen LogP contribution in [0.15, 0.2) is 41.7 Å². The minimum atomic E-state index is -0.306. The molecule has 0 fully saturated rings. The Labute approximate surface area is 108 Å². The third-order valence-electron chi connectivity index (χ3n) is 3.23. The van der Waals surface area contributed by atoms with Crippen molar-refractivity contribution in [3.8, 4) is 0 Å². The molecule has 0 aromatic heterocycles. The van der Waals surface area contributed by atoms with Crippen LogP contribution in [0.3, 0.4) is 0 Å². The van der Waals surface area contributed by atoms with Crippen LogP contribution in [0, 0.1) is 0 Å². The zero-order chi connectivity index (χ0) is 13.1. The molecule has 1 atom stereocenters. The highest BCUT2D eigenvalue weighted by Gasteiger charge is 2.31. The van der Waals surface area contributed by atoms with Gasteiger partial charge in [-0.3, -0.25) is 4.79 Å². The predicted octanol–water partition coefficient (Wildman–Crippen LogP) is 3.25. The lowest BCUT2D eigenvalue weighted by Gasteiger charge is -2.35. The Morgan fingerprint density at radius 2 is 1.94 bits per heavy atom. The Hall–Kier alpha value is -1.77. The molecule has 1 aliphatic rings. The summed E-state index contributed by atoms with van der Waals surface area (Å²) in [6, 6.07) is 9.83. The number of benzene rings is 1. The van der Waals surface area contributed by atoms with Crippen molar-refractivity contribution in [2.75, 3.05) is 7.05 Å². The smallest absolute Gasteiger partial charge is 0.256 e. The zero-order valence-electron chi connectivity index (χ0n) is 11.1. The second-order valence-corrected chi connectivity index (χ2v) is 4.58. The van der Waals surface area contributed by atoms with E-state index in [1.165, 1.54) is 0 Å². The van der Waals surface area contributed by atoms with Crippen molar-refractivity contribution < 1.29 is 9.53 Å². The number of likely N-dealkylation sites (N-methyl/N-ethyl adjacent to an activating group) is 1. The number of hydrogen-bond donors (Lipinski definition) is 0. The number of allylic oxidation sites excluding steroid dienone is 1. The maximum atomic E-state index is 12.3. The van der Waals surface area contributed by atoms with E-state index in [9.17, 15) is 4.79 Å². The van der Waals surface area contributed by atoms with E-state index in [4.69, 9.17) is 4.74 Å². The van der Waals surface area contributed by atoms with Crippen molar-refractivity contribution in [2.24, 2.45) is 0 Å². The Balaban J connectivity index is 2.31. The van der Waals surface area contributed by atoms with Gasteiger partial charge in [-0.2, -0.15) is 0 Å². The summed E-state index contributed by atoms with van der Waals surface area (Å²) in [6.45, 7) is 3.95. The van der Waals surface area contributed by atoms with Crippen LogP contribution >= 0.6 is 0 Å². The first-order chi connectivity index (χ1) is 8.65. The van der Waals surface area contributed by atoms with Gasteiger partial charge in [0.2, 0.25) is 0 Å². The molecule has 0 saturated heterocycles. The molecule has 96 valence electrons. The molecule has 0 aliphatic carbocycles. The van der Waals surface area contributed by atoms with Gasteiger partial charge >= 0.3 is 0 Å². The van der Waals surface area contributed by atoms with Crippen LogP contribution < -0.4 is 0 Å². The predicted molar refractivity (Wildman–Crippen MR) is 70.6 cm³/mol. The number of rotatable bonds is 3. The molecular weight excluding hydrogens is 226 g/mol. The van der Waals surface area contributed by atoms with E-state index in [-0.39, 0.29) is 12.1 Å². The molecule has 3 nitrogen and oxygen atoms in total. The van der Waals surface area contributed by atoms with Crippen molar-refractivity contribution in [1.29, 1.82) is 0 Å². The lowest BCUT2D eigenvalue weighted by Crippen LogP contribution is -2.38. The van der Waals surface area contributed by atoms with Gasteiger partial charge in [-0.05, 0) is 13.3 Å². The number of carbonyl (C=O) groups is 1. The number of ether oxygens (including phenoxy) is 1. The zero-order valence-corrected chi connectivity index (χ0v) is 11.1. The van der Waals surface area contributed by atoms with Gasteiger partial charge in [0, 0.05) is 12.6 Å². The van der Waals surface area contributed by atoms with E-state index in [2.05, 4.69) is 6.92 Å². The average Bonchev–Trinajstić information content (AvgIpc) is 2.40. The molecule has 1 aliphatic heterocycles. The van der Waals surface area contributed by atoms with Gasteiger partial charge in [0.05, 0.1) is 5.57 Å². The van der Waals surface area contributed by atoms with Gasteiger partial charge in [-0.25, -0.2) is 0 Å². The molecule has 0 saturated carbocycles. The van der Waals surface area contributed by atoms with Crippen LogP contribution in [0.25, 0.3) is 0 Å². The fourth-order valence-electron chi connectivity index (χ4n) is 2.23. The fraction of sp³-hybridized carbons (Fsp3) is 0.400. The van der Waals surface area contributed by atoms with E-state index < -0.39 is 0 Å². The van der Waals surface area contributed by atoms with Crippen LogP contribution in [0.4, 0.5) is 0 Å². The highest BCUT2D eigenvalue weighted by Crippen LogP contribution is 2.32. The quantitative estimate of drug-likeness (QED) is 0.818. The molecule has 1 heterocycles. The first-order valence-electron chi connectivity index (χ1n) is 6.33. The van der Waals surface area contributed by atoms with Crippen LogP contribution in [-0.4, -0.2) is 17.9 Å². The highest BCUT2D eigenvalue weighted by atomic mass is 16.5. The number of hydrogen-bond acceptors (Lipinski definition) is 2.